The third-order valence-electron chi connectivity index (χ3n) is 6.57. The molecule has 0 atom stereocenters. The molecule has 0 aliphatic carbocycles. The third kappa shape index (κ3) is 3.06. The molecule has 2 aromatic heterocycles. The Morgan fingerprint density at radius 1 is 0.571 bits per heavy atom. The molecule has 0 saturated heterocycles. The van der Waals surface area contributed by atoms with Gasteiger partial charge >= 0.3 is 0 Å². The fourth-order valence-corrected chi connectivity index (χ4v) is 5.10. The van der Waals surface area contributed by atoms with Gasteiger partial charge in [-0.3, -0.25) is 9.20 Å². The topological polar surface area (TPSA) is 34.4 Å². The molecule has 3 nitrogen and oxygen atoms in total. The van der Waals surface area contributed by atoms with Crippen molar-refractivity contribution in [3.05, 3.63) is 133 Å². The minimum Gasteiger partial charge on any atom is -0.268 e. The minimum atomic E-state index is -0.0268. The lowest BCUT2D eigenvalue weighted by Crippen LogP contribution is -2.13. The molecule has 0 radical (unpaired) electrons. The normalized spacial score (nSPS) is 11.2. The van der Waals surface area contributed by atoms with E-state index in [-0.39, 0.29) is 5.56 Å². The molecule has 0 aliphatic rings. The molecule has 7 aromatic rings. The number of fused-ring (bicyclic) bond motifs is 4. The van der Waals surface area contributed by atoms with Crippen LogP contribution in [-0.4, -0.2) is 9.38 Å². The maximum absolute atomic E-state index is 13.8. The van der Waals surface area contributed by atoms with Crippen LogP contribution >= 0.6 is 0 Å². The second-order valence-electron chi connectivity index (χ2n) is 8.37. The molecule has 5 aromatic carbocycles. The quantitative estimate of drug-likeness (QED) is 0.253. The SMILES string of the molecule is C=C.O=c1c2cccc3c(-c4ccccc4)ccc(c32)c2nc3c(-c4ccccc4)cccc3n12. The number of imidazole rings is 1. The molecule has 2 heterocycles. The Balaban J connectivity index is 0.00000112. The number of nitrogens with zero attached hydrogens (tertiary/aromatic N) is 2. The Morgan fingerprint density at radius 2 is 1.20 bits per heavy atom. The minimum absolute atomic E-state index is 0.0268. The molecule has 0 N–H and O–H groups in total. The Labute approximate surface area is 202 Å². The molecule has 0 unspecified atom stereocenters. The number of hydrogen-bond donors (Lipinski definition) is 0. The Kier molecular flexibility index (Phi) is 4.89. The molecule has 0 fully saturated rings. The van der Waals surface area contributed by atoms with Crippen LogP contribution in [0.5, 0.6) is 0 Å². The molecule has 0 bridgehead atoms. The number of para-hydroxylation sites is 1. The first kappa shape index (κ1) is 20.8. The van der Waals surface area contributed by atoms with Gasteiger partial charge in [-0.25, -0.2) is 4.98 Å². The fraction of sp³-hybridized carbons (Fsp3) is 0. The van der Waals surface area contributed by atoms with Crippen LogP contribution in [0.1, 0.15) is 0 Å². The molecule has 0 spiro atoms. The van der Waals surface area contributed by atoms with E-state index in [0.717, 1.165) is 54.8 Å². The van der Waals surface area contributed by atoms with Crippen LogP contribution in [0, 0.1) is 0 Å². The van der Waals surface area contributed by atoms with Crippen molar-refractivity contribution in [2.75, 3.05) is 0 Å². The van der Waals surface area contributed by atoms with E-state index < -0.39 is 0 Å². The lowest BCUT2D eigenvalue weighted by molar-refractivity contribution is 1.19. The Morgan fingerprint density at radius 3 is 1.91 bits per heavy atom. The summed E-state index contributed by atoms with van der Waals surface area (Å²) >= 11 is 0. The fourth-order valence-electron chi connectivity index (χ4n) is 5.10. The van der Waals surface area contributed by atoms with E-state index in [4.69, 9.17) is 4.98 Å². The zero-order valence-electron chi connectivity index (χ0n) is 19.1. The standard InChI is InChI=1S/C30H18N2O.C2H4/c33-30-25-15-7-14-23-21(19-9-3-1-4-10-19)17-18-24(27(23)25)29-31-28-22(20-11-5-2-6-12-20)13-8-16-26(28)32(29)30;1-2/h1-18H;1-2H2. The lowest BCUT2D eigenvalue weighted by Gasteiger charge is -2.11. The summed E-state index contributed by atoms with van der Waals surface area (Å²) in [5.41, 5.74) is 6.75. The third-order valence-corrected chi connectivity index (χ3v) is 6.57. The summed E-state index contributed by atoms with van der Waals surface area (Å²) in [7, 11) is 0. The Hall–Kier alpha value is -4.76. The lowest BCUT2D eigenvalue weighted by atomic mass is 9.94. The maximum Gasteiger partial charge on any atom is 0.264 e. The molecule has 3 heteroatoms. The summed E-state index contributed by atoms with van der Waals surface area (Å²) in [6.07, 6.45) is 0. The van der Waals surface area contributed by atoms with Crippen molar-refractivity contribution in [3.63, 3.8) is 0 Å². The van der Waals surface area contributed by atoms with E-state index in [1.807, 2.05) is 60.7 Å². The highest BCUT2D eigenvalue weighted by molar-refractivity contribution is 6.19. The van der Waals surface area contributed by atoms with E-state index >= 15 is 0 Å². The van der Waals surface area contributed by atoms with Gasteiger partial charge in [0.2, 0.25) is 0 Å². The van der Waals surface area contributed by atoms with Gasteiger partial charge in [0.1, 0.15) is 5.65 Å². The molecular weight excluding hydrogens is 428 g/mol. The summed E-state index contributed by atoms with van der Waals surface area (Å²) in [4.78, 5) is 18.8. The van der Waals surface area contributed by atoms with Crippen molar-refractivity contribution in [3.8, 4) is 22.3 Å². The first-order valence-corrected chi connectivity index (χ1v) is 11.5. The molecular formula is C32H22N2O. The van der Waals surface area contributed by atoms with Crippen molar-refractivity contribution in [2.45, 2.75) is 0 Å². The highest BCUT2D eigenvalue weighted by Crippen LogP contribution is 2.37. The average Bonchev–Trinajstić information content (AvgIpc) is 3.34. The van der Waals surface area contributed by atoms with Gasteiger partial charge in [0, 0.05) is 21.7 Å². The van der Waals surface area contributed by atoms with Crippen molar-refractivity contribution >= 4 is 38.2 Å². The van der Waals surface area contributed by atoms with Gasteiger partial charge in [0.05, 0.1) is 11.0 Å². The van der Waals surface area contributed by atoms with Crippen molar-refractivity contribution in [1.29, 1.82) is 0 Å². The van der Waals surface area contributed by atoms with Crippen LogP contribution < -0.4 is 5.56 Å². The molecule has 35 heavy (non-hydrogen) atoms. The molecule has 0 saturated carbocycles. The first-order valence-electron chi connectivity index (χ1n) is 11.5. The summed E-state index contributed by atoms with van der Waals surface area (Å²) in [5, 5.41) is 3.77. The van der Waals surface area contributed by atoms with Crippen LogP contribution in [0.4, 0.5) is 0 Å². The van der Waals surface area contributed by atoms with E-state index in [1.54, 1.807) is 4.40 Å². The second-order valence-corrected chi connectivity index (χ2v) is 8.37. The summed E-state index contributed by atoms with van der Waals surface area (Å²) in [6.45, 7) is 6.00. The van der Waals surface area contributed by atoms with E-state index in [9.17, 15) is 4.79 Å². The van der Waals surface area contributed by atoms with Crippen molar-refractivity contribution in [2.24, 2.45) is 0 Å². The molecule has 0 amide bonds. The van der Waals surface area contributed by atoms with Gasteiger partial charge in [-0.05, 0) is 40.3 Å². The van der Waals surface area contributed by atoms with Crippen molar-refractivity contribution < 1.29 is 0 Å². The smallest absolute Gasteiger partial charge is 0.264 e. The van der Waals surface area contributed by atoms with Crippen molar-refractivity contribution in [1.82, 2.24) is 9.38 Å². The van der Waals surface area contributed by atoms with E-state index in [2.05, 4.69) is 61.7 Å². The zero-order valence-corrected chi connectivity index (χ0v) is 19.1. The van der Waals surface area contributed by atoms with Crippen LogP contribution in [-0.2, 0) is 0 Å². The number of pyridine rings is 1. The molecule has 0 aliphatic heterocycles. The number of rotatable bonds is 2. The van der Waals surface area contributed by atoms with Gasteiger partial charge in [-0.2, -0.15) is 0 Å². The van der Waals surface area contributed by atoms with Gasteiger partial charge < -0.3 is 0 Å². The molecule has 166 valence electrons. The summed E-state index contributed by atoms with van der Waals surface area (Å²) < 4.78 is 1.78. The van der Waals surface area contributed by atoms with Gasteiger partial charge in [0.25, 0.3) is 5.56 Å². The Bertz CT molecular complexity index is 1890. The van der Waals surface area contributed by atoms with Crippen LogP contribution in [0.2, 0.25) is 0 Å². The second kappa shape index (κ2) is 8.23. The maximum atomic E-state index is 13.8. The monoisotopic (exact) mass is 450 g/mol. The number of aromatic nitrogens is 2. The summed E-state index contributed by atoms with van der Waals surface area (Å²) in [5.74, 6) is 0. The average molecular weight is 451 g/mol. The predicted molar refractivity (Wildman–Crippen MR) is 147 cm³/mol. The summed E-state index contributed by atoms with van der Waals surface area (Å²) in [6, 6.07) is 36.9. The zero-order chi connectivity index (χ0) is 23.9. The van der Waals surface area contributed by atoms with Crippen LogP contribution in [0.25, 0.3) is 60.5 Å². The highest BCUT2D eigenvalue weighted by Gasteiger charge is 2.19. The van der Waals surface area contributed by atoms with E-state index in [1.165, 1.54) is 0 Å². The van der Waals surface area contributed by atoms with Crippen LogP contribution in [0.15, 0.2) is 127 Å². The van der Waals surface area contributed by atoms with E-state index in [0.29, 0.717) is 5.65 Å². The first-order chi connectivity index (χ1) is 17.3. The predicted octanol–water partition coefficient (Wildman–Crippen LogP) is 7.73. The highest BCUT2D eigenvalue weighted by atomic mass is 16.1. The molecule has 7 rings (SSSR count). The van der Waals surface area contributed by atoms with Gasteiger partial charge in [0.15, 0.2) is 0 Å². The van der Waals surface area contributed by atoms with Gasteiger partial charge in [-0.1, -0.05) is 91.0 Å². The number of hydrogen-bond acceptors (Lipinski definition) is 2. The largest absolute Gasteiger partial charge is 0.268 e. The van der Waals surface area contributed by atoms with Crippen LogP contribution in [0.3, 0.4) is 0 Å². The number of benzene rings is 5. The van der Waals surface area contributed by atoms with Gasteiger partial charge in [-0.15, -0.1) is 13.2 Å².